The predicted molar refractivity (Wildman–Crippen MR) is 587 cm³/mol. The Bertz CT molecular complexity index is 5570. The van der Waals surface area contributed by atoms with Crippen molar-refractivity contribution in [2.45, 2.75) is 221 Å². The molecule has 8 heterocycles. The second-order valence-electron chi connectivity index (χ2n) is 39.3. The molecule has 0 N–H and O–H groups in total. The minimum absolute atomic E-state index is 0. The van der Waals surface area contributed by atoms with Crippen molar-refractivity contribution in [3.05, 3.63) is 412 Å². The van der Waals surface area contributed by atoms with E-state index in [4.69, 9.17) is 19.9 Å². The molecule has 2 aliphatic rings. The molecule has 0 spiro atoms. The first-order valence-corrected chi connectivity index (χ1v) is 63.4. The molecule has 0 saturated heterocycles. The molecule has 16 heteroatoms. The van der Waals surface area contributed by atoms with E-state index in [9.17, 15) is 0 Å². The third-order valence-corrected chi connectivity index (χ3v) is 32.6. The monoisotopic (exact) mass is 2620 g/mol. The quantitative estimate of drug-likeness (QED) is 0.0317. The summed E-state index contributed by atoms with van der Waals surface area (Å²) in [5, 5.41) is 6.11. The van der Waals surface area contributed by atoms with Crippen LogP contribution in [0.15, 0.2) is 341 Å². The van der Waals surface area contributed by atoms with Crippen LogP contribution >= 0.6 is 0 Å². The van der Waals surface area contributed by atoms with Crippen molar-refractivity contribution in [1.29, 1.82) is 0 Å². The molecule has 2 fully saturated rings. The first-order chi connectivity index (χ1) is 66.0. The van der Waals surface area contributed by atoms with Crippen molar-refractivity contribution in [2.24, 2.45) is 11.8 Å². The normalized spacial score (nSPS) is 12.1. The summed E-state index contributed by atoms with van der Waals surface area (Å²) in [6.07, 6.45) is 42.4. The molecule has 4 radical (unpaired) electrons. The summed E-state index contributed by atoms with van der Waals surface area (Å²) >= 11 is 0. The molecule has 8 aromatic carbocycles. The van der Waals surface area contributed by atoms with E-state index in [1.807, 2.05) is 218 Å². The summed E-state index contributed by atoms with van der Waals surface area (Å²) < 4.78 is 0. The van der Waals surface area contributed by atoms with Crippen molar-refractivity contribution in [3.8, 4) is 90.1 Å². The molecule has 8 nitrogen and oxygen atoms in total. The van der Waals surface area contributed by atoms with Crippen LogP contribution in [0.1, 0.15) is 139 Å². The van der Waals surface area contributed by atoms with E-state index in [-0.39, 0.29) is 80.4 Å². The van der Waals surface area contributed by atoms with E-state index < -0.39 is 32.3 Å². The van der Waals surface area contributed by atoms with Crippen molar-refractivity contribution in [2.75, 3.05) is 0 Å². The predicted octanol–water partition coefficient (Wildman–Crippen LogP) is 30.3. The maximum absolute atomic E-state index is 4.77. The summed E-state index contributed by atoms with van der Waals surface area (Å²) in [4.78, 5) is 35.8. The Balaban J connectivity index is 0.000000220. The summed E-state index contributed by atoms with van der Waals surface area (Å²) in [5.41, 5.74) is 22.9. The van der Waals surface area contributed by atoms with Gasteiger partial charge in [0.25, 0.3) is 0 Å². The Morgan fingerprint density at radius 3 is 0.650 bits per heavy atom. The number of unbranched alkanes of at least 4 members (excludes halogenated alkanes) is 5. The van der Waals surface area contributed by atoms with Crippen LogP contribution in [0, 0.1) is 60.4 Å². The van der Waals surface area contributed by atoms with Gasteiger partial charge in [-0.25, -0.2) is 0 Å². The first kappa shape index (κ1) is 117. The van der Waals surface area contributed by atoms with Crippen LogP contribution in [0.4, 0.5) is 0 Å². The van der Waals surface area contributed by atoms with Crippen molar-refractivity contribution in [3.63, 3.8) is 0 Å². The molecule has 2 aliphatic carbocycles. The molecule has 0 aliphatic heterocycles. The zero-order valence-electron chi connectivity index (χ0n) is 84.5. The standard InChI is InChI=1S/C21H28NSi.C20H26NSi.C20H28NSi.C19H26NSi.4C11H8N.4Ir/c1-23(2,3)21-16-22-20(18-12-8-5-9-13-18)15-19(21)14-17-10-6-4-7-11-17;1-22(2,3)20-15-21-19(17-11-5-4-6-12-17)14-18(20)13-16-9-7-8-10-16;1-5-6-7-9-14-18-15-19(17-12-10-8-11-13-17)21-16-20(18)22(2,3)4;1-5-6-8-13-17-14-18(16-11-9-7-10-12-16)20-15-19(17)21(2,3)4;4*1-2-6-10(7-3-1)11-8-4-5-9-12-11;;;;/h5,8-9,12,15-17H,4,6-7,10-11,14H2,1-3H3;4-6,11,14-16H,7-10,13H2,1-3H3;8,10-12,15-16H,5-7,9,14H2,1-4H3;7,9-11,14-15H,5-6,8,13H2,1-4H3;4*1-6,8-9H;;;;/q8*-1;;;;. The molecule has 18 rings (SSSR count). The molecular formula is C124H140Ir4N8Si4-8. The van der Waals surface area contributed by atoms with Gasteiger partial charge in [0.2, 0.25) is 0 Å². The number of rotatable bonds is 25. The smallest absolute Gasteiger partial charge is 0.0798 e. The summed E-state index contributed by atoms with van der Waals surface area (Å²) in [6, 6.07) is 122. The number of pyridine rings is 8. The fourth-order valence-corrected chi connectivity index (χ4v) is 23.5. The van der Waals surface area contributed by atoms with Crippen molar-refractivity contribution >= 4 is 53.0 Å². The van der Waals surface area contributed by atoms with Gasteiger partial charge in [-0.15, -0.1) is 287 Å². The Labute approximate surface area is 899 Å². The first-order valence-electron chi connectivity index (χ1n) is 49.4. The number of hydrogen-bond acceptors (Lipinski definition) is 8. The Morgan fingerprint density at radius 2 is 0.436 bits per heavy atom. The topological polar surface area (TPSA) is 103 Å². The molecule has 0 unspecified atom stereocenters. The third-order valence-electron chi connectivity index (χ3n) is 24.3. The number of aromatic nitrogens is 8. The molecule has 16 aromatic rings. The summed E-state index contributed by atoms with van der Waals surface area (Å²) in [7, 11) is -5.38. The average Bonchev–Trinajstić information content (AvgIpc) is 1.21. The van der Waals surface area contributed by atoms with Crippen LogP contribution in [-0.4, -0.2) is 72.2 Å². The van der Waals surface area contributed by atoms with Gasteiger partial charge in [-0.1, -0.05) is 277 Å². The van der Waals surface area contributed by atoms with Crippen LogP contribution in [0.25, 0.3) is 90.1 Å². The van der Waals surface area contributed by atoms with Gasteiger partial charge in [0.15, 0.2) is 0 Å². The van der Waals surface area contributed by atoms with Gasteiger partial charge < -0.3 is 39.9 Å². The zero-order valence-corrected chi connectivity index (χ0v) is 98.1. The Morgan fingerprint density at radius 1 is 0.229 bits per heavy atom. The van der Waals surface area contributed by atoms with E-state index in [1.165, 1.54) is 150 Å². The van der Waals surface area contributed by atoms with Crippen LogP contribution in [0.2, 0.25) is 78.6 Å². The van der Waals surface area contributed by atoms with Gasteiger partial charge in [-0.3, -0.25) is 0 Å². The van der Waals surface area contributed by atoms with Gasteiger partial charge in [-0.05, 0) is 141 Å². The second-order valence-corrected chi connectivity index (χ2v) is 59.5. The maximum atomic E-state index is 4.77. The minimum Gasteiger partial charge on any atom is -0.305 e. The van der Waals surface area contributed by atoms with E-state index in [0.29, 0.717) is 0 Å². The minimum atomic E-state index is -1.36. The van der Waals surface area contributed by atoms with Gasteiger partial charge in [-0.2, -0.15) is 0 Å². The number of hydrogen-bond donors (Lipinski definition) is 0. The number of aryl methyl sites for hydroxylation is 2. The average molecular weight is 2620 g/mol. The van der Waals surface area contributed by atoms with Crippen LogP contribution in [-0.2, 0) is 106 Å². The van der Waals surface area contributed by atoms with Crippen molar-refractivity contribution in [1.82, 2.24) is 39.9 Å². The molecule has 736 valence electrons. The molecule has 140 heavy (non-hydrogen) atoms. The summed E-state index contributed by atoms with van der Waals surface area (Å²) in [5.74, 6) is 1.75. The fraction of sp³-hybridized carbons (Fsp3) is 0.290. The SMILES string of the molecule is CCCCCCc1cc(-c2[c-]cccc2)ncc1[Si](C)(C)C.CCCCCc1cc(-c2[c-]cccc2)ncc1[Si](C)(C)C.C[Si](C)(C)c1cnc(-c2[c-]cccc2)cc1CC1CCCC1.C[Si](C)(C)c1cnc(-c2[c-]cccc2)cc1CC1CCCCC1.[Ir].[Ir].[Ir].[Ir].[c-]1ccccc1-c1ccccn1.[c-]1ccccc1-c1ccccn1.[c-]1ccccc1-c1ccccn1.[c-]1ccccc1-c1ccccn1. The molecule has 0 amide bonds. The molecule has 2 saturated carbocycles. The maximum Gasteiger partial charge on any atom is 0.0798 e. The fourth-order valence-electron chi connectivity index (χ4n) is 17.1. The zero-order chi connectivity index (χ0) is 96.1. The van der Waals surface area contributed by atoms with E-state index in [0.717, 1.165) is 102 Å². The largest absolute Gasteiger partial charge is 0.305 e. The molecule has 0 bridgehead atoms. The molecular weight excluding hydrogens is 2480 g/mol. The number of benzene rings is 8. The van der Waals surface area contributed by atoms with Crippen LogP contribution < -0.4 is 20.7 Å². The van der Waals surface area contributed by atoms with E-state index in [1.54, 1.807) is 46.3 Å². The number of nitrogens with zero attached hydrogens (tertiary/aromatic N) is 8. The Kier molecular flexibility index (Phi) is 52.6. The van der Waals surface area contributed by atoms with Gasteiger partial charge >= 0.3 is 0 Å². The summed E-state index contributed by atoms with van der Waals surface area (Å²) in [6.45, 7) is 33.6. The third kappa shape index (κ3) is 40.0. The van der Waals surface area contributed by atoms with Crippen molar-refractivity contribution < 1.29 is 80.4 Å². The van der Waals surface area contributed by atoms with E-state index >= 15 is 0 Å². The van der Waals surface area contributed by atoms with E-state index in [2.05, 4.69) is 258 Å². The second kappa shape index (κ2) is 62.8. The van der Waals surface area contributed by atoms with Gasteiger partial charge in [0.1, 0.15) is 0 Å². The Hall–Kier alpha value is -9.58. The van der Waals surface area contributed by atoms with Crippen LogP contribution in [0.5, 0.6) is 0 Å². The van der Waals surface area contributed by atoms with Gasteiger partial charge in [0, 0.05) is 130 Å². The molecule has 0 atom stereocenters. The van der Waals surface area contributed by atoms with Crippen LogP contribution in [0.3, 0.4) is 0 Å². The van der Waals surface area contributed by atoms with Gasteiger partial charge in [0.05, 0.1) is 32.3 Å². The molecule has 8 aromatic heterocycles.